The number of rotatable bonds is 6. The standard InChI is InChI=1S/C9H18N2O3S/c1-9(2,7(12)13)11-8(14)10-5-4-6-15-3/h4-6H2,1-3H3,(H,12,13)(H2,10,11,14). The maximum Gasteiger partial charge on any atom is 0.328 e. The Balaban J connectivity index is 3.79. The number of nitrogens with one attached hydrogen (secondary N) is 2. The molecule has 15 heavy (non-hydrogen) atoms. The Morgan fingerprint density at radius 3 is 2.47 bits per heavy atom. The molecule has 0 bridgehead atoms. The molecule has 0 radical (unpaired) electrons. The fourth-order valence-corrected chi connectivity index (χ4v) is 1.23. The van der Waals surface area contributed by atoms with Gasteiger partial charge in [-0.25, -0.2) is 9.59 Å². The predicted molar refractivity (Wildman–Crippen MR) is 61.2 cm³/mol. The van der Waals surface area contributed by atoms with Crippen LogP contribution in [0.4, 0.5) is 4.79 Å². The van der Waals surface area contributed by atoms with E-state index < -0.39 is 17.5 Å². The van der Waals surface area contributed by atoms with E-state index in [1.165, 1.54) is 13.8 Å². The lowest BCUT2D eigenvalue weighted by Crippen LogP contribution is -2.53. The molecule has 5 nitrogen and oxygen atoms in total. The smallest absolute Gasteiger partial charge is 0.328 e. The Morgan fingerprint density at radius 2 is 2.00 bits per heavy atom. The summed E-state index contributed by atoms with van der Waals surface area (Å²) in [6.07, 6.45) is 2.87. The third-order valence-corrected chi connectivity index (χ3v) is 2.47. The van der Waals surface area contributed by atoms with Gasteiger partial charge in [-0.1, -0.05) is 0 Å². The zero-order valence-electron chi connectivity index (χ0n) is 9.29. The SMILES string of the molecule is CSCCCNC(=O)NC(C)(C)C(=O)O. The molecule has 0 spiro atoms. The fourth-order valence-electron chi connectivity index (χ4n) is 0.800. The molecule has 0 fully saturated rings. The van der Waals surface area contributed by atoms with Crippen LogP contribution in [0.25, 0.3) is 0 Å². The molecule has 2 amide bonds. The number of amides is 2. The van der Waals surface area contributed by atoms with Crippen molar-refractivity contribution in [3.05, 3.63) is 0 Å². The van der Waals surface area contributed by atoms with Gasteiger partial charge in [0, 0.05) is 6.54 Å². The van der Waals surface area contributed by atoms with E-state index in [0.717, 1.165) is 12.2 Å². The lowest BCUT2D eigenvalue weighted by molar-refractivity contribution is -0.142. The van der Waals surface area contributed by atoms with Crippen molar-refractivity contribution in [2.45, 2.75) is 25.8 Å². The van der Waals surface area contributed by atoms with Gasteiger partial charge in [0.2, 0.25) is 0 Å². The van der Waals surface area contributed by atoms with E-state index in [0.29, 0.717) is 6.54 Å². The van der Waals surface area contributed by atoms with Gasteiger partial charge < -0.3 is 15.7 Å². The van der Waals surface area contributed by atoms with Gasteiger partial charge in [0.25, 0.3) is 0 Å². The molecule has 0 heterocycles. The topological polar surface area (TPSA) is 78.4 Å². The van der Waals surface area contributed by atoms with Crippen molar-refractivity contribution in [3.63, 3.8) is 0 Å². The summed E-state index contributed by atoms with van der Waals surface area (Å²) in [7, 11) is 0. The van der Waals surface area contributed by atoms with Crippen LogP contribution in [0.2, 0.25) is 0 Å². The van der Waals surface area contributed by atoms with E-state index in [9.17, 15) is 9.59 Å². The molecule has 88 valence electrons. The molecular formula is C9H18N2O3S. The summed E-state index contributed by atoms with van der Waals surface area (Å²) >= 11 is 1.71. The molecule has 0 unspecified atom stereocenters. The third-order valence-electron chi connectivity index (χ3n) is 1.77. The van der Waals surface area contributed by atoms with Crippen molar-refractivity contribution >= 4 is 23.8 Å². The maximum absolute atomic E-state index is 11.2. The lowest BCUT2D eigenvalue weighted by atomic mass is 10.1. The first-order valence-electron chi connectivity index (χ1n) is 4.68. The van der Waals surface area contributed by atoms with E-state index in [4.69, 9.17) is 5.11 Å². The molecule has 0 aliphatic heterocycles. The molecule has 0 aromatic carbocycles. The van der Waals surface area contributed by atoms with Gasteiger partial charge in [0.1, 0.15) is 5.54 Å². The first-order valence-corrected chi connectivity index (χ1v) is 6.08. The molecule has 0 atom stereocenters. The van der Waals surface area contributed by atoms with Crippen molar-refractivity contribution in [1.82, 2.24) is 10.6 Å². The summed E-state index contributed by atoms with van der Waals surface area (Å²) in [6, 6.07) is -0.441. The van der Waals surface area contributed by atoms with Crippen LogP contribution in [0, 0.1) is 0 Å². The fraction of sp³-hybridized carbons (Fsp3) is 0.778. The first kappa shape index (κ1) is 14.1. The van der Waals surface area contributed by atoms with Crippen molar-refractivity contribution < 1.29 is 14.7 Å². The van der Waals surface area contributed by atoms with Gasteiger partial charge in [-0.2, -0.15) is 11.8 Å². The molecule has 6 heteroatoms. The summed E-state index contributed by atoms with van der Waals surface area (Å²) in [5, 5.41) is 13.7. The number of carboxylic acid groups (broad SMARTS) is 1. The summed E-state index contributed by atoms with van der Waals surface area (Å²) in [4.78, 5) is 21.9. The van der Waals surface area contributed by atoms with E-state index in [1.807, 2.05) is 6.26 Å². The van der Waals surface area contributed by atoms with Crippen LogP contribution in [0.15, 0.2) is 0 Å². The number of aliphatic carboxylic acids is 1. The molecule has 0 saturated carbocycles. The molecule has 0 aliphatic carbocycles. The first-order chi connectivity index (χ1) is 6.90. The molecule has 0 aliphatic rings. The second-order valence-electron chi connectivity index (χ2n) is 3.66. The number of carbonyl (C=O) groups excluding carboxylic acids is 1. The number of urea groups is 1. The number of carboxylic acids is 1. The zero-order chi connectivity index (χ0) is 11.9. The Kier molecular flexibility index (Phi) is 6.15. The van der Waals surface area contributed by atoms with Gasteiger partial charge in [0.15, 0.2) is 0 Å². The molecule has 0 aromatic heterocycles. The molecular weight excluding hydrogens is 216 g/mol. The average molecular weight is 234 g/mol. The second kappa shape index (κ2) is 6.55. The van der Waals surface area contributed by atoms with Crippen molar-refractivity contribution in [1.29, 1.82) is 0 Å². The Hall–Kier alpha value is -0.910. The Bertz CT molecular complexity index is 231. The maximum atomic E-state index is 11.2. The quantitative estimate of drug-likeness (QED) is 0.597. The van der Waals surface area contributed by atoms with Crippen LogP contribution in [0.5, 0.6) is 0 Å². The van der Waals surface area contributed by atoms with Crippen LogP contribution in [-0.2, 0) is 4.79 Å². The van der Waals surface area contributed by atoms with Crippen molar-refractivity contribution in [3.8, 4) is 0 Å². The minimum Gasteiger partial charge on any atom is -0.480 e. The van der Waals surface area contributed by atoms with Gasteiger partial charge in [0.05, 0.1) is 0 Å². The van der Waals surface area contributed by atoms with Crippen LogP contribution in [0.3, 0.4) is 0 Å². The Labute approximate surface area is 94.0 Å². The van der Waals surface area contributed by atoms with E-state index in [-0.39, 0.29) is 0 Å². The van der Waals surface area contributed by atoms with Crippen LogP contribution < -0.4 is 10.6 Å². The third kappa shape index (κ3) is 6.22. The van der Waals surface area contributed by atoms with Crippen LogP contribution in [-0.4, -0.2) is 41.2 Å². The second-order valence-corrected chi connectivity index (χ2v) is 4.64. The van der Waals surface area contributed by atoms with Crippen molar-refractivity contribution in [2.24, 2.45) is 0 Å². The number of hydrogen-bond acceptors (Lipinski definition) is 3. The number of carbonyl (C=O) groups is 2. The molecule has 0 saturated heterocycles. The van der Waals surface area contributed by atoms with E-state index >= 15 is 0 Å². The van der Waals surface area contributed by atoms with Gasteiger partial charge in [-0.05, 0) is 32.3 Å². The highest BCUT2D eigenvalue weighted by molar-refractivity contribution is 7.98. The summed E-state index contributed by atoms with van der Waals surface area (Å²) in [5.41, 5.74) is -1.23. The highest BCUT2D eigenvalue weighted by atomic mass is 32.2. The predicted octanol–water partition coefficient (Wildman–Crippen LogP) is 0.902. The van der Waals surface area contributed by atoms with Crippen LogP contribution >= 0.6 is 11.8 Å². The largest absolute Gasteiger partial charge is 0.480 e. The zero-order valence-corrected chi connectivity index (χ0v) is 10.1. The summed E-state index contributed by atoms with van der Waals surface area (Å²) in [5.74, 6) is -0.0791. The summed E-state index contributed by atoms with van der Waals surface area (Å²) in [6.45, 7) is 3.44. The molecule has 0 rings (SSSR count). The number of thioether (sulfide) groups is 1. The summed E-state index contributed by atoms with van der Waals surface area (Å²) < 4.78 is 0. The van der Waals surface area contributed by atoms with Crippen LogP contribution in [0.1, 0.15) is 20.3 Å². The van der Waals surface area contributed by atoms with E-state index in [1.54, 1.807) is 11.8 Å². The normalized spacial score (nSPS) is 10.9. The minimum atomic E-state index is -1.23. The van der Waals surface area contributed by atoms with Gasteiger partial charge >= 0.3 is 12.0 Å². The monoisotopic (exact) mass is 234 g/mol. The van der Waals surface area contributed by atoms with Gasteiger partial charge in [-0.3, -0.25) is 0 Å². The molecule has 0 aromatic rings. The Morgan fingerprint density at radius 1 is 1.40 bits per heavy atom. The van der Waals surface area contributed by atoms with E-state index in [2.05, 4.69) is 10.6 Å². The average Bonchev–Trinajstić information content (AvgIpc) is 2.11. The van der Waals surface area contributed by atoms with Gasteiger partial charge in [-0.15, -0.1) is 0 Å². The highest BCUT2D eigenvalue weighted by Crippen LogP contribution is 2.01. The van der Waals surface area contributed by atoms with Crippen molar-refractivity contribution in [2.75, 3.05) is 18.6 Å². The minimum absolute atomic E-state index is 0.441. The highest BCUT2D eigenvalue weighted by Gasteiger charge is 2.28. The molecule has 3 N–H and O–H groups in total. The number of hydrogen-bond donors (Lipinski definition) is 3. The lowest BCUT2D eigenvalue weighted by Gasteiger charge is -2.21.